The normalized spacial score (nSPS) is 19.0. The molecule has 24 heavy (non-hydrogen) atoms. The number of furan rings is 1. The predicted molar refractivity (Wildman–Crippen MR) is 87.7 cm³/mol. The van der Waals surface area contributed by atoms with Crippen LogP contribution < -0.4 is 4.74 Å². The first-order valence-corrected chi connectivity index (χ1v) is 7.97. The second-order valence-corrected chi connectivity index (χ2v) is 6.01. The first kappa shape index (κ1) is 15.2. The van der Waals surface area contributed by atoms with Gasteiger partial charge in [0.1, 0.15) is 29.5 Å². The number of fused-ring (bicyclic) bond motifs is 1. The van der Waals surface area contributed by atoms with Crippen LogP contribution in [0.5, 0.6) is 5.75 Å². The number of rotatable bonds is 4. The van der Waals surface area contributed by atoms with Crippen LogP contribution in [0.15, 0.2) is 35.0 Å². The maximum atomic E-state index is 5.95. The fourth-order valence-corrected chi connectivity index (χ4v) is 3.09. The first-order valence-electron chi connectivity index (χ1n) is 7.97. The van der Waals surface area contributed by atoms with E-state index in [2.05, 4.69) is 21.2 Å². The molecule has 1 aliphatic heterocycles. The molecule has 0 spiro atoms. The van der Waals surface area contributed by atoms with Crippen molar-refractivity contribution in [2.24, 2.45) is 7.05 Å². The maximum Gasteiger partial charge on any atom is 0.163 e. The molecule has 1 aliphatic rings. The molecule has 0 unspecified atom stereocenters. The fourth-order valence-electron chi connectivity index (χ4n) is 3.09. The van der Waals surface area contributed by atoms with Crippen molar-refractivity contribution in [2.45, 2.75) is 12.6 Å². The van der Waals surface area contributed by atoms with Gasteiger partial charge in [-0.15, -0.1) is 10.2 Å². The second kappa shape index (κ2) is 6.26. The van der Waals surface area contributed by atoms with Gasteiger partial charge in [-0.25, -0.2) is 0 Å². The largest absolute Gasteiger partial charge is 0.497 e. The Kier molecular flexibility index (Phi) is 3.95. The molecule has 3 aromatic rings. The summed E-state index contributed by atoms with van der Waals surface area (Å²) in [4.78, 5) is 2.32. The minimum absolute atomic E-state index is 0.0595. The summed E-state index contributed by atoms with van der Waals surface area (Å²) in [5.41, 5.74) is 0.879. The van der Waals surface area contributed by atoms with Crippen molar-refractivity contribution < 1.29 is 13.9 Å². The molecule has 0 bridgehead atoms. The Labute approximate surface area is 139 Å². The average molecular weight is 328 g/mol. The minimum atomic E-state index is -0.0595. The molecule has 126 valence electrons. The quantitative estimate of drug-likeness (QED) is 0.731. The molecule has 3 heterocycles. The van der Waals surface area contributed by atoms with Gasteiger partial charge in [-0.05, 0) is 24.3 Å². The van der Waals surface area contributed by atoms with Gasteiger partial charge in [-0.1, -0.05) is 0 Å². The van der Waals surface area contributed by atoms with Crippen LogP contribution in [0.2, 0.25) is 0 Å². The Hall–Kier alpha value is -2.38. The molecule has 0 N–H and O–H groups in total. The topological polar surface area (TPSA) is 65.6 Å². The van der Waals surface area contributed by atoms with Crippen molar-refractivity contribution in [1.82, 2.24) is 19.7 Å². The molecule has 7 heteroatoms. The Morgan fingerprint density at radius 3 is 3.04 bits per heavy atom. The van der Waals surface area contributed by atoms with E-state index in [1.807, 2.05) is 29.8 Å². The van der Waals surface area contributed by atoms with Crippen molar-refractivity contribution in [3.05, 3.63) is 42.2 Å². The van der Waals surface area contributed by atoms with Gasteiger partial charge < -0.3 is 18.5 Å². The van der Waals surface area contributed by atoms with E-state index < -0.39 is 0 Å². The number of nitrogens with zero attached hydrogens (tertiary/aromatic N) is 4. The highest BCUT2D eigenvalue weighted by molar-refractivity contribution is 5.79. The van der Waals surface area contributed by atoms with Crippen LogP contribution in [0, 0.1) is 0 Å². The summed E-state index contributed by atoms with van der Waals surface area (Å²) in [6.45, 7) is 3.06. The molecule has 1 saturated heterocycles. The summed E-state index contributed by atoms with van der Waals surface area (Å²) in [6, 6.07) is 7.92. The molecular weight excluding hydrogens is 308 g/mol. The predicted octanol–water partition coefficient (Wildman–Crippen LogP) is 2.14. The van der Waals surface area contributed by atoms with Gasteiger partial charge in [0.2, 0.25) is 0 Å². The lowest BCUT2D eigenvalue weighted by Crippen LogP contribution is -2.38. The Morgan fingerprint density at radius 1 is 1.33 bits per heavy atom. The molecule has 1 atom stereocenters. The van der Waals surface area contributed by atoms with Gasteiger partial charge in [0.15, 0.2) is 5.82 Å². The monoisotopic (exact) mass is 328 g/mol. The van der Waals surface area contributed by atoms with E-state index in [9.17, 15) is 0 Å². The lowest BCUT2D eigenvalue weighted by atomic mass is 10.2. The molecule has 0 aliphatic carbocycles. The zero-order chi connectivity index (χ0) is 16.5. The Bertz CT molecular complexity index is 841. The molecule has 4 rings (SSSR count). The highest BCUT2D eigenvalue weighted by Crippen LogP contribution is 2.26. The van der Waals surface area contributed by atoms with E-state index in [4.69, 9.17) is 13.9 Å². The lowest BCUT2D eigenvalue weighted by molar-refractivity contribution is -0.0401. The van der Waals surface area contributed by atoms with Crippen molar-refractivity contribution in [3.63, 3.8) is 0 Å². The number of hydrogen-bond donors (Lipinski definition) is 0. The summed E-state index contributed by atoms with van der Waals surface area (Å²) in [5.74, 6) is 2.63. The summed E-state index contributed by atoms with van der Waals surface area (Å²) in [7, 11) is 3.60. The molecule has 0 radical (unpaired) electrons. The molecule has 2 aromatic heterocycles. The van der Waals surface area contributed by atoms with Gasteiger partial charge in [0.25, 0.3) is 0 Å². The van der Waals surface area contributed by atoms with E-state index in [0.717, 1.165) is 47.9 Å². The van der Waals surface area contributed by atoms with Crippen LogP contribution in [0.1, 0.15) is 17.7 Å². The molecular formula is C17H20N4O3. The van der Waals surface area contributed by atoms with Crippen LogP contribution in [-0.2, 0) is 18.3 Å². The van der Waals surface area contributed by atoms with Crippen molar-refractivity contribution in [2.75, 3.05) is 26.8 Å². The summed E-state index contributed by atoms with van der Waals surface area (Å²) in [6.07, 6.45) is 1.64. The van der Waals surface area contributed by atoms with E-state index >= 15 is 0 Å². The average Bonchev–Trinajstić information content (AvgIpc) is 3.19. The fraction of sp³-hybridized carbons (Fsp3) is 0.412. The third-order valence-corrected chi connectivity index (χ3v) is 4.34. The van der Waals surface area contributed by atoms with Crippen molar-refractivity contribution in [1.29, 1.82) is 0 Å². The summed E-state index contributed by atoms with van der Waals surface area (Å²) < 4.78 is 19.0. The zero-order valence-corrected chi connectivity index (χ0v) is 13.8. The van der Waals surface area contributed by atoms with E-state index in [-0.39, 0.29) is 6.10 Å². The van der Waals surface area contributed by atoms with Crippen LogP contribution in [0.4, 0.5) is 0 Å². The number of hydrogen-bond acceptors (Lipinski definition) is 6. The van der Waals surface area contributed by atoms with Crippen LogP contribution >= 0.6 is 0 Å². The molecule has 7 nitrogen and oxygen atoms in total. The van der Waals surface area contributed by atoms with Crippen LogP contribution in [-0.4, -0.2) is 46.5 Å². The summed E-state index contributed by atoms with van der Waals surface area (Å²) >= 11 is 0. The standard InChI is InChI=1S/C17H20N4O3/c1-20-11-18-19-17(20)16-10-21(5-6-23-16)9-14-8-12-7-13(22-2)3-4-15(12)24-14/h3-4,7-8,11,16H,5-6,9-10H2,1-2H3/t16-/m1/s1. The SMILES string of the molecule is COc1ccc2oc(CN3CCO[C@@H](c4nncn4C)C3)cc2c1. The Morgan fingerprint density at radius 2 is 2.25 bits per heavy atom. The maximum absolute atomic E-state index is 5.95. The first-order chi connectivity index (χ1) is 11.7. The number of morpholine rings is 1. The number of ether oxygens (including phenoxy) is 2. The second-order valence-electron chi connectivity index (χ2n) is 6.01. The number of aromatic nitrogens is 3. The summed E-state index contributed by atoms with van der Waals surface area (Å²) in [5, 5.41) is 9.15. The Balaban J connectivity index is 1.49. The van der Waals surface area contributed by atoms with Crippen LogP contribution in [0.3, 0.4) is 0 Å². The van der Waals surface area contributed by atoms with Crippen LogP contribution in [0.25, 0.3) is 11.0 Å². The highest BCUT2D eigenvalue weighted by atomic mass is 16.5. The zero-order valence-electron chi connectivity index (χ0n) is 13.8. The number of aryl methyl sites for hydroxylation is 1. The minimum Gasteiger partial charge on any atom is -0.497 e. The lowest BCUT2D eigenvalue weighted by Gasteiger charge is -2.31. The highest BCUT2D eigenvalue weighted by Gasteiger charge is 2.26. The molecule has 0 amide bonds. The molecule has 1 aromatic carbocycles. The van der Waals surface area contributed by atoms with E-state index in [1.54, 1.807) is 13.4 Å². The number of benzene rings is 1. The van der Waals surface area contributed by atoms with Gasteiger partial charge in [-0.3, -0.25) is 4.90 Å². The van der Waals surface area contributed by atoms with Crippen molar-refractivity contribution in [3.8, 4) is 5.75 Å². The third-order valence-electron chi connectivity index (χ3n) is 4.34. The van der Waals surface area contributed by atoms with Gasteiger partial charge in [-0.2, -0.15) is 0 Å². The van der Waals surface area contributed by atoms with E-state index in [0.29, 0.717) is 6.61 Å². The van der Waals surface area contributed by atoms with Gasteiger partial charge >= 0.3 is 0 Å². The smallest absolute Gasteiger partial charge is 0.163 e. The van der Waals surface area contributed by atoms with E-state index in [1.165, 1.54) is 0 Å². The third kappa shape index (κ3) is 2.88. The number of methoxy groups -OCH3 is 1. The van der Waals surface area contributed by atoms with Crippen molar-refractivity contribution >= 4 is 11.0 Å². The molecule has 1 fully saturated rings. The van der Waals surface area contributed by atoms with Gasteiger partial charge in [0.05, 0.1) is 20.3 Å². The van der Waals surface area contributed by atoms with Gasteiger partial charge in [0, 0.05) is 25.5 Å². The molecule has 0 saturated carbocycles.